The van der Waals surface area contributed by atoms with E-state index in [1.54, 1.807) is 12.5 Å². The highest BCUT2D eigenvalue weighted by molar-refractivity contribution is 5.78. The predicted molar refractivity (Wildman–Crippen MR) is 112 cm³/mol. The third-order valence-electron chi connectivity index (χ3n) is 6.39. The highest BCUT2D eigenvalue weighted by Gasteiger charge is 2.31. The molecule has 2 aromatic heterocycles. The number of H-pyrrole nitrogens is 1. The number of aryl methyl sites for hydroxylation is 1. The number of amides is 1. The van der Waals surface area contributed by atoms with Crippen LogP contribution in [0.5, 0.6) is 0 Å². The van der Waals surface area contributed by atoms with Gasteiger partial charge in [-0.3, -0.25) is 19.6 Å². The van der Waals surface area contributed by atoms with Crippen molar-refractivity contribution in [3.8, 4) is 0 Å². The summed E-state index contributed by atoms with van der Waals surface area (Å²) in [5.41, 5.74) is 3.38. The van der Waals surface area contributed by atoms with Gasteiger partial charge in [-0.15, -0.1) is 0 Å². The molecule has 4 rings (SSSR count). The van der Waals surface area contributed by atoms with Gasteiger partial charge in [0.15, 0.2) is 0 Å². The van der Waals surface area contributed by atoms with Crippen LogP contribution in [0.25, 0.3) is 0 Å². The number of piperidine rings is 2. The van der Waals surface area contributed by atoms with Crippen molar-refractivity contribution in [3.05, 3.63) is 47.8 Å². The molecule has 156 valence electrons. The molecule has 1 unspecified atom stereocenters. The lowest BCUT2D eigenvalue weighted by atomic mass is 9.93. The standard InChI is InChI=1S/C22H32N6O/c1-17-21(26-16-25-17)15-27-10-6-20(7-11-27)28-9-3-5-19(14-28)22(29)24-13-18-4-2-8-23-12-18/h2,4,8,12,16,19-20H,3,5-7,9-11,13-15H2,1H3,(H,24,29)(H,25,26). The minimum Gasteiger partial charge on any atom is -0.352 e. The molecule has 2 aromatic rings. The van der Waals surface area contributed by atoms with Gasteiger partial charge < -0.3 is 10.3 Å². The summed E-state index contributed by atoms with van der Waals surface area (Å²) in [5, 5.41) is 3.11. The molecule has 2 fully saturated rings. The molecule has 1 amide bonds. The predicted octanol–water partition coefficient (Wildman–Crippen LogP) is 2.11. The third kappa shape index (κ3) is 5.22. The molecule has 0 aromatic carbocycles. The van der Waals surface area contributed by atoms with Gasteiger partial charge in [0.1, 0.15) is 0 Å². The number of carbonyl (C=O) groups excluding carboxylic acids is 1. The first-order chi connectivity index (χ1) is 14.2. The Hall–Kier alpha value is -2.25. The van der Waals surface area contributed by atoms with Crippen LogP contribution in [0, 0.1) is 12.8 Å². The number of nitrogens with one attached hydrogen (secondary N) is 2. The van der Waals surface area contributed by atoms with Crippen LogP contribution in [0.2, 0.25) is 0 Å². The highest BCUT2D eigenvalue weighted by Crippen LogP contribution is 2.25. The van der Waals surface area contributed by atoms with Gasteiger partial charge in [0.05, 0.1) is 17.9 Å². The van der Waals surface area contributed by atoms with Crippen LogP contribution in [0.4, 0.5) is 0 Å². The Labute approximate surface area is 172 Å². The Kier molecular flexibility index (Phi) is 6.56. The van der Waals surface area contributed by atoms with Crippen LogP contribution < -0.4 is 5.32 Å². The maximum absolute atomic E-state index is 12.7. The second kappa shape index (κ2) is 9.50. The summed E-state index contributed by atoms with van der Waals surface area (Å²) >= 11 is 0. The van der Waals surface area contributed by atoms with Crippen molar-refractivity contribution in [3.63, 3.8) is 0 Å². The van der Waals surface area contributed by atoms with E-state index in [4.69, 9.17) is 0 Å². The van der Waals surface area contributed by atoms with Gasteiger partial charge in [0.25, 0.3) is 0 Å². The van der Waals surface area contributed by atoms with Crippen LogP contribution in [0.1, 0.15) is 42.6 Å². The largest absolute Gasteiger partial charge is 0.352 e. The molecule has 0 bridgehead atoms. The maximum atomic E-state index is 12.7. The summed E-state index contributed by atoms with van der Waals surface area (Å²) in [4.78, 5) is 29.5. The van der Waals surface area contributed by atoms with Crippen molar-refractivity contribution < 1.29 is 4.79 Å². The fourth-order valence-corrected chi connectivity index (χ4v) is 4.59. The Morgan fingerprint density at radius 3 is 2.86 bits per heavy atom. The van der Waals surface area contributed by atoms with Gasteiger partial charge >= 0.3 is 0 Å². The molecule has 4 heterocycles. The van der Waals surface area contributed by atoms with E-state index in [0.29, 0.717) is 12.6 Å². The van der Waals surface area contributed by atoms with Crippen molar-refractivity contribution >= 4 is 5.91 Å². The molecule has 1 atom stereocenters. The molecule has 2 aliphatic heterocycles. The second-order valence-corrected chi connectivity index (χ2v) is 8.39. The average molecular weight is 397 g/mol. The number of pyridine rings is 1. The summed E-state index contributed by atoms with van der Waals surface area (Å²) in [5.74, 6) is 0.287. The SMILES string of the molecule is Cc1[nH]cnc1CN1CCC(N2CCCC(C(=O)NCc3cccnc3)C2)CC1. The summed E-state index contributed by atoms with van der Waals surface area (Å²) in [7, 11) is 0. The Morgan fingerprint density at radius 2 is 2.14 bits per heavy atom. The van der Waals surface area contributed by atoms with E-state index in [-0.39, 0.29) is 11.8 Å². The van der Waals surface area contributed by atoms with Crippen LogP contribution in [0.15, 0.2) is 30.9 Å². The summed E-state index contributed by atoms with van der Waals surface area (Å²) in [6.07, 6.45) is 9.80. The number of imidazole rings is 1. The Morgan fingerprint density at radius 1 is 1.28 bits per heavy atom. The van der Waals surface area contributed by atoms with E-state index < -0.39 is 0 Å². The summed E-state index contributed by atoms with van der Waals surface area (Å²) in [6.45, 7) is 7.80. The van der Waals surface area contributed by atoms with Gasteiger partial charge in [-0.2, -0.15) is 0 Å². The van der Waals surface area contributed by atoms with Gasteiger partial charge in [-0.1, -0.05) is 6.07 Å². The number of carbonyl (C=O) groups is 1. The van der Waals surface area contributed by atoms with Crippen LogP contribution in [-0.2, 0) is 17.9 Å². The summed E-state index contributed by atoms with van der Waals surface area (Å²) < 4.78 is 0. The van der Waals surface area contributed by atoms with E-state index in [9.17, 15) is 4.79 Å². The Balaban J connectivity index is 1.23. The molecule has 7 heteroatoms. The third-order valence-corrected chi connectivity index (χ3v) is 6.39. The van der Waals surface area contributed by atoms with Gasteiger partial charge in [-0.25, -0.2) is 4.98 Å². The normalized spacial score (nSPS) is 21.9. The van der Waals surface area contributed by atoms with Crippen LogP contribution in [0.3, 0.4) is 0 Å². The van der Waals surface area contributed by atoms with E-state index in [1.165, 1.54) is 18.5 Å². The van der Waals surface area contributed by atoms with E-state index in [1.807, 2.05) is 18.3 Å². The molecule has 2 aliphatic rings. The van der Waals surface area contributed by atoms with Crippen molar-refractivity contribution in [2.45, 2.75) is 51.7 Å². The number of hydrogen-bond acceptors (Lipinski definition) is 5. The molecule has 0 spiro atoms. The molecule has 0 radical (unpaired) electrons. The topological polar surface area (TPSA) is 77.2 Å². The van der Waals surface area contributed by atoms with Gasteiger partial charge in [-0.05, 0) is 50.8 Å². The summed E-state index contributed by atoms with van der Waals surface area (Å²) in [6, 6.07) is 4.50. The van der Waals surface area contributed by atoms with Crippen molar-refractivity contribution in [1.82, 2.24) is 30.1 Å². The zero-order valence-electron chi connectivity index (χ0n) is 17.3. The highest BCUT2D eigenvalue weighted by atomic mass is 16.1. The average Bonchev–Trinajstić information content (AvgIpc) is 3.18. The fourth-order valence-electron chi connectivity index (χ4n) is 4.59. The fraction of sp³-hybridized carbons (Fsp3) is 0.591. The lowest BCUT2D eigenvalue weighted by molar-refractivity contribution is -0.127. The molecule has 7 nitrogen and oxygen atoms in total. The van der Waals surface area contributed by atoms with Crippen molar-refractivity contribution in [2.24, 2.45) is 5.92 Å². The molecule has 2 N–H and O–H groups in total. The molecular weight excluding hydrogens is 364 g/mol. The van der Waals surface area contributed by atoms with Crippen molar-refractivity contribution in [2.75, 3.05) is 26.2 Å². The van der Waals surface area contributed by atoms with E-state index in [2.05, 4.69) is 37.0 Å². The van der Waals surface area contributed by atoms with E-state index >= 15 is 0 Å². The monoisotopic (exact) mass is 396 g/mol. The quantitative estimate of drug-likeness (QED) is 0.782. The number of rotatable bonds is 6. The second-order valence-electron chi connectivity index (χ2n) is 8.39. The first kappa shape index (κ1) is 20.0. The number of hydrogen-bond donors (Lipinski definition) is 2. The lowest BCUT2D eigenvalue weighted by Crippen LogP contribution is -2.50. The minimum absolute atomic E-state index is 0.102. The maximum Gasteiger partial charge on any atom is 0.224 e. The zero-order valence-corrected chi connectivity index (χ0v) is 17.3. The molecular formula is C22H32N6O. The van der Waals surface area contributed by atoms with Crippen LogP contribution in [-0.4, -0.2) is 62.9 Å². The zero-order chi connectivity index (χ0) is 20.1. The number of aromatic nitrogens is 3. The van der Waals surface area contributed by atoms with Crippen LogP contribution >= 0.6 is 0 Å². The smallest absolute Gasteiger partial charge is 0.224 e. The van der Waals surface area contributed by atoms with E-state index in [0.717, 1.165) is 56.8 Å². The Bertz CT molecular complexity index is 784. The number of likely N-dealkylation sites (tertiary alicyclic amines) is 2. The number of aromatic amines is 1. The molecule has 2 saturated heterocycles. The molecule has 29 heavy (non-hydrogen) atoms. The lowest BCUT2D eigenvalue weighted by Gasteiger charge is -2.42. The first-order valence-electron chi connectivity index (χ1n) is 10.8. The first-order valence-corrected chi connectivity index (χ1v) is 10.8. The minimum atomic E-state index is 0.102. The van der Waals surface area contributed by atoms with Crippen molar-refractivity contribution in [1.29, 1.82) is 0 Å². The number of nitrogens with zero attached hydrogens (tertiary/aromatic N) is 4. The van der Waals surface area contributed by atoms with Gasteiger partial charge in [0, 0.05) is 56.9 Å². The molecule has 0 saturated carbocycles. The van der Waals surface area contributed by atoms with Gasteiger partial charge in [0.2, 0.25) is 5.91 Å². The molecule has 0 aliphatic carbocycles.